The van der Waals surface area contributed by atoms with E-state index in [1.165, 1.54) is 6.08 Å². The van der Waals surface area contributed by atoms with E-state index < -0.39 is 15.7 Å². The summed E-state index contributed by atoms with van der Waals surface area (Å²) in [5.74, 6) is 1.00. The van der Waals surface area contributed by atoms with Crippen LogP contribution in [-0.4, -0.2) is 54.2 Å². The van der Waals surface area contributed by atoms with Crippen LogP contribution in [0.15, 0.2) is 58.1 Å². The lowest BCUT2D eigenvalue weighted by Crippen LogP contribution is -2.35. The molecule has 2 aliphatic heterocycles. The third-order valence-electron chi connectivity index (χ3n) is 5.34. The van der Waals surface area contributed by atoms with Crippen molar-refractivity contribution in [2.75, 3.05) is 19.5 Å². The van der Waals surface area contributed by atoms with Gasteiger partial charge < -0.3 is 9.47 Å². The van der Waals surface area contributed by atoms with Gasteiger partial charge in [0.05, 0.1) is 5.57 Å². The van der Waals surface area contributed by atoms with Gasteiger partial charge in [0.25, 0.3) is 5.91 Å². The van der Waals surface area contributed by atoms with Crippen LogP contribution in [0, 0.1) is 12.3 Å². The number of carbonyl (C=O) groups is 1. The van der Waals surface area contributed by atoms with Crippen LogP contribution < -0.4 is 9.47 Å². The van der Waals surface area contributed by atoms with Gasteiger partial charge in [-0.1, -0.05) is 38.1 Å². The number of benzene rings is 2. The molecule has 1 N–H and O–H groups in total. The van der Waals surface area contributed by atoms with E-state index in [0.717, 1.165) is 39.9 Å². The third-order valence-corrected chi connectivity index (χ3v) is 7.92. The number of nitrogens with zero attached hydrogens (tertiary/aromatic N) is 3. The average molecular weight is 527 g/mol. The van der Waals surface area contributed by atoms with Crippen molar-refractivity contribution in [3.63, 3.8) is 0 Å². The number of carbonyl (C=O) groups excluding carboxylic acids is 1. The summed E-state index contributed by atoms with van der Waals surface area (Å²) in [6.07, 6.45) is 2.53. The Kier molecular flexibility index (Phi) is 7.32. The van der Waals surface area contributed by atoms with Crippen LogP contribution in [0.4, 0.5) is 0 Å². The molecule has 0 unspecified atom stereocenters. The number of hydrogen-bond donors (Lipinski definition) is 1. The molecule has 0 bridgehead atoms. The molecule has 0 atom stereocenters. The molecule has 9 nitrogen and oxygen atoms in total. The van der Waals surface area contributed by atoms with Gasteiger partial charge >= 0.3 is 0 Å². The van der Waals surface area contributed by atoms with Crippen LogP contribution in [-0.2, 0) is 14.6 Å². The first kappa shape index (κ1) is 25.6. The van der Waals surface area contributed by atoms with E-state index >= 15 is 0 Å². The molecule has 2 aromatic rings. The molecule has 36 heavy (non-hydrogen) atoms. The molecule has 4 rings (SSSR count). The molecule has 11 heteroatoms. The summed E-state index contributed by atoms with van der Waals surface area (Å²) in [6.45, 7) is 7.04. The van der Waals surface area contributed by atoms with Crippen molar-refractivity contribution in [2.24, 2.45) is 10.1 Å². The largest absolute Gasteiger partial charge is 0.490 e. The molecule has 0 aliphatic carbocycles. The molecular formula is C25H26N4O5S2. The first-order valence-electron chi connectivity index (χ1n) is 11.2. The fourth-order valence-electron chi connectivity index (χ4n) is 3.51. The Morgan fingerprint density at radius 2 is 1.81 bits per heavy atom. The van der Waals surface area contributed by atoms with Gasteiger partial charge in [-0.25, -0.2) is 8.42 Å². The van der Waals surface area contributed by atoms with E-state index in [9.17, 15) is 13.2 Å². The Morgan fingerprint density at radius 3 is 2.47 bits per heavy atom. The summed E-state index contributed by atoms with van der Waals surface area (Å²) in [7, 11) is -3.58. The molecule has 1 amide bonds. The number of aliphatic imine (C=N–C) groups is 1. The summed E-state index contributed by atoms with van der Waals surface area (Å²) < 4.78 is 35.1. The van der Waals surface area contributed by atoms with E-state index in [1.807, 2.05) is 13.0 Å². The van der Waals surface area contributed by atoms with Gasteiger partial charge in [-0.3, -0.25) is 10.2 Å². The van der Waals surface area contributed by atoms with Crippen molar-refractivity contribution in [3.05, 3.63) is 64.7 Å². The molecular weight excluding hydrogens is 500 g/mol. The monoisotopic (exact) mass is 526 g/mol. The number of rotatable bonds is 7. The van der Waals surface area contributed by atoms with Gasteiger partial charge in [-0.15, -0.1) is 5.10 Å². The maximum atomic E-state index is 12.5. The lowest BCUT2D eigenvalue weighted by Gasteiger charge is -2.20. The number of hydrazone groups is 1. The highest BCUT2D eigenvalue weighted by Gasteiger charge is 2.38. The van der Waals surface area contributed by atoms with Crippen molar-refractivity contribution in [1.82, 2.24) is 5.01 Å². The maximum Gasteiger partial charge on any atom is 0.283 e. The highest BCUT2D eigenvalue weighted by Crippen LogP contribution is 2.30. The van der Waals surface area contributed by atoms with E-state index in [4.69, 9.17) is 14.9 Å². The molecule has 188 valence electrons. The van der Waals surface area contributed by atoms with Gasteiger partial charge in [0.2, 0.25) is 19.4 Å². The predicted molar refractivity (Wildman–Crippen MR) is 143 cm³/mol. The van der Waals surface area contributed by atoms with E-state index in [1.54, 1.807) is 24.3 Å². The second-order valence-electron chi connectivity index (χ2n) is 8.62. The molecule has 0 spiro atoms. The lowest BCUT2D eigenvalue weighted by molar-refractivity contribution is -0.114. The Hall–Kier alpha value is -3.44. The topological polar surface area (TPSA) is 121 Å². The second kappa shape index (κ2) is 10.3. The fourth-order valence-corrected chi connectivity index (χ4v) is 5.19. The molecule has 0 radical (unpaired) electrons. The molecule has 0 fully saturated rings. The summed E-state index contributed by atoms with van der Waals surface area (Å²) in [5.41, 5.74) is 2.96. The Bertz CT molecular complexity index is 1410. The summed E-state index contributed by atoms with van der Waals surface area (Å²) in [6, 6.07) is 13.2. The van der Waals surface area contributed by atoms with Crippen LogP contribution in [0.2, 0.25) is 0 Å². The third kappa shape index (κ3) is 5.68. The Labute approximate surface area is 214 Å². The SMILES string of the molecule is Cc1ccc(C(C)C)c(OCCOc2ccc(/C=C3\C(=N)N4N=C(S(C)(=O)=O)SC4=NC3=O)cc2)c1. The van der Waals surface area contributed by atoms with Crippen molar-refractivity contribution in [1.29, 1.82) is 5.41 Å². The number of aryl methyl sites for hydroxylation is 1. The van der Waals surface area contributed by atoms with Crippen molar-refractivity contribution < 1.29 is 22.7 Å². The van der Waals surface area contributed by atoms with Crippen LogP contribution >= 0.6 is 11.8 Å². The number of fused-ring (bicyclic) bond motifs is 1. The van der Waals surface area contributed by atoms with Crippen LogP contribution in [0.25, 0.3) is 6.08 Å². The number of amidine groups is 2. The smallest absolute Gasteiger partial charge is 0.283 e. The standard InChI is InChI=1S/C25H26N4O5S2/c1-15(2)19-10-5-16(3)13-21(19)34-12-11-33-18-8-6-17(7-9-18)14-20-22(26)29-24(27-23(20)30)35-25(28-29)36(4,31)32/h5-10,13-15,26H,11-12H2,1-4H3/b20-14+,26-22?. The minimum Gasteiger partial charge on any atom is -0.490 e. The predicted octanol–water partition coefficient (Wildman–Crippen LogP) is 4.20. The summed E-state index contributed by atoms with van der Waals surface area (Å²) in [5, 5.41) is 13.4. The van der Waals surface area contributed by atoms with Crippen LogP contribution in [0.1, 0.15) is 36.5 Å². The normalized spacial score (nSPS) is 16.8. The van der Waals surface area contributed by atoms with E-state index in [0.29, 0.717) is 30.4 Å². The zero-order valence-corrected chi connectivity index (χ0v) is 21.9. The molecule has 2 aromatic carbocycles. The molecule has 2 heterocycles. The highest BCUT2D eigenvalue weighted by molar-refractivity contribution is 8.42. The fraction of sp³-hybridized carbons (Fsp3) is 0.280. The average Bonchev–Trinajstić information content (AvgIpc) is 3.25. The maximum absolute atomic E-state index is 12.5. The van der Waals surface area contributed by atoms with E-state index in [2.05, 4.69) is 36.1 Å². The highest BCUT2D eigenvalue weighted by atomic mass is 32.3. The van der Waals surface area contributed by atoms with E-state index in [-0.39, 0.29) is 21.0 Å². The Balaban J connectivity index is 1.38. The zero-order valence-electron chi connectivity index (χ0n) is 20.3. The quantitative estimate of drug-likeness (QED) is 0.424. The van der Waals surface area contributed by atoms with Crippen molar-refractivity contribution >= 4 is 49.0 Å². The second-order valence-corrected chi connectivity index (χ2v) is 11.8. The van der Waals surface area contributed by atoms with Gasteiger partial charge in [0.15, 0.2) is 5.84 Å². The number of nitrogens with one attached hydrogen (secondary N) is 1. The van der Waals surface area contributed by atoms with Gasteiger partial charge in [-0.2, -0.15) is 10.0 Å². The number of amides is 1. The number of ether oxygens (including phenoxy) is 2. The van der Waals surface area contributed by atoms with Crippen LogP contribution in [0.5, 0.6) is 11.5 Å². The molecule has 0 saturated heterocycles. The number of sulfone groups is 1. The first-order valence-corrected chi connectivity index (χ1v) is 13.9. The zero-order chi connectivity index (χ0) is 26.0. The summed E-state index contributed by atoms with van der Waals surface area (Å²) in [4.78, 5) is 16.4. The Morgan fingerprint density at radius 1 is 1.11 bits per heavy atom. The van der Waals surface area contributed by atoms with Crippen molar-refractivity contribution in [2.45, 2.75) is 26.7 Å². The first-order chi connectivity index (χ1) is 17.0. The minimum absolute atomic E-state index is 0.0130. The van der Waals surface area contributed by atoms with Crippen molar-refractivity contribution in [3.8, 4) is 11.5 Å². The lowest BCUT2D eigenvalue weighted by atomic mass is 10.0. The molecule has 2 aliphatic rings. The van der Waals surface area contributed by atoms with Gasteiger partial charge in [0.1, 0.15) is 24.7 Å². The molecule has 0 aromatic heterocycles. The molecule has 0 saturated carbocycles. The van der Waals surface area contributed by atoms with Crippen LogP contribution in [0.3, 0.4) is 0 Å². The van der Waals surface area contributed by atoms with Gasteiger partial charge in [0, 0.05) is 6.26 Å². The minimum atomic E-state index is -3.58. The number of hydrogen-bond acceptors (Lipinski definition) is 8. The van der Waals surface area contributed by atoms with Gasteiger partial charge in [-0.05, 0) is 65.6 Å². The summed E-state index contributed by atoms with van der Waals surface area (Å²) >= 11 is 0.752. The number of thioether (sulfide) groups is 1.